The standard InChI is InChI=1S/C27H27N5O2/c1-18-7-5-9-22(15-18)32-26(34)23-11-10-20(16-24(23)30-27(32)31-13-3-4-14-31)25(33)29-19(2)21-8-6-12-28-17-21/h5-12,15-17,19H,3-4,13-14H2,1-2H3,(H,29,33). The molecule has 0 saturated carbocycles. The largest absolute Gasteiger partial charge is 0.345 e. The minimum Gasteiger partial charge on any atom is -0.345 e. The van der Waals surface area contributed by atoms with E-state index in [0.717, 1.165) is 42.7 Å². The van der Waals surface area contributed by atoms with Gasteiger partial charge in [-0.2, -0.15) is 0 Å². The molecule has 1 aliphatic heterocycles. The maximum atomic E-state index is 13.7. The third-order valence-corrected chi connectivity index (χ3v) is 6.29. The number of anilines is 1. The van der Waals surface area contributed by atoms with Crippen molar-refractivity contribution in [1.82, 2.24) is 19.9 Å². The molecule has 2 aromatic heterocycles. The van der Waals surface area contributed by atoms with Crippen LogP contribution in [-0.2, 0) is 0 Å². The van der Waals surface area contributed by atoms with Gasteiger partial charge in [-0.05, 0) is 74.2 Å². The van der Waals surface area contributed by atoms with Crippen LogP contribution in [0.2, 0.25) is 0 Å². The Morgan fingerprint density at radius 3 is 2.62 bits per heavy atom. The molecule has 3 heterocycles. The van der Waals surface area contributed by atoms with Crippen LogP contribution in [0, 0.1) is 6.92 Å². The number of hydrogen-bond acceptors (Lipinski definition) is 5. The van der Waals surface area contributed by atoms with Crippen molar-refractivity contribution in [2.45, 2.75) is 32.7 Å². The molecule has 0 aliphatic carbocycles. The molecule has 172 valence electrons. The van der Waals surface area contributed by atoms with E-state index in [1.54, 1.807) is 35.2 Å². The monoisotopic (exact) mass is 453 g/mol. The van der Waals surface area contributed by atoms with Gasteiger partial charge in [-0.3, -0.25) is 14.6 Å². The number of amides is 1. The molecule has 4 aromatic rings. The fourth-order valence-corrected chi connectivity index (χ4v) is 4.44. The van der Waals surface area contributed by atoms with Gasteiger partial charge in [0, 0.05) is 31.0 Å². The molecule has 0 radical (unpaired) electrons. The summed E-state index contributed by atoms with van der Waals surface area (Å²) in [7, 11) is 0. The van der Waals surface area contributed by atoms with E-state index in [2.05, 4.69) is 15.2 Å². The Bertz CT molecular complexity index is 1410. The molecule has 1 atom stereocenters. The Kier molecular flexibility index (Phi) is 5.84. The summed E-state index contributed by atoms with van der Waals surface area (Å²) >= 11 is 0. The molecule has 34 heavy (non-hydrogen) atoms. The first-order valence-electron chi connectivity index (χ1n) is 11.6. The molecule has 1 saturated heterocycles. The van der Waals surface area contributed by atoms with Crippen molar-refractivity contribution in [3.63, 3.8) is 0 Å². The first-order chi connectivity index (χ1) is 16.5. The van der Waals surface area contributed by atoms with Crippen LogP contribution in [0.1, 0.15) is 47.3 Å². The number of nitrogens with zero attached hydrogens (tertiary/aromatic N) is 4. The molecule has 1 unspecified atom stereocenters. The number of rotatable bonds is 5. The lowest BCUT2D eigenvalue weighted by Crippen LogP contribution is -2.30. The second-order valence-electron chi connectivity index (χ2n) is 8.80. The third kappa shape index (κ3) is 4.17. The second-order valence-corrected chi connectivity index (χ2v) is 8.80. The zero-order valence-electron chi connectivity index (χ0n) is 19.4. The summed E-state index contributed by atoms with van der Waals surface area (Å²) < 4.78 is 1.70. The van der Waals surface area contributed by atoms with Crippen LogP contribution in [0.4, 0.5) is 5.95 Å². The first-order valence-corrected chi connectivity index (χ1v) is 11.6. The van der Waals surface area contributed by atoms with Gasteiger partial charge in [0.1, 0.15) is 0 Å². The van der Waals surface area contributed by atoms with E-state index in [0.29, 0.717) is 22.4 Å². The van der Waals surface area contributed by atoms with Crippen molar-refractivity contribution in [2.24, 2.45) is 0 Å². The molecule has 1 aliphatic rings. The van der Waals surface area contributed by atoms with Gasteiger partial charge in [0.2, 0.25) is 5.95 Å². The van der Waals surface area contributed by atoms with Crippen LogP contribution < -0.4 is 15.8 Å². The van der Waals surface area contributed by atoms with Gasteiger partial charge >= 0.3 is 0 Å². The van der Waals surface area contributed by atoms with E-state index in [1.165, 1.54) is 0 Å². The molecule has 7 nitrogen and oxygen atoms in total. The van der Waals surface area contributed by atoms with E-state index in [-0.39, 0.29) is 17.5 Å². The number of hydrogen-bond donors (Lipinski definition) is 1. The molecule has 7 heteroatoms. The summed E-state index contributed by atoms with van der Waals surface area (Å²) in [4.78, 5) is 37.8. The molecule has 2 aromatic carbocycles. The van der Waals surface area contributed by atoms with Gasteiger partial charge in [0.25, 0.3) is 11.5 Å². The van der Waals surface area contributed by atoms with Gasteiger partial charge in [0.15, 0.2) is 0 Å². The Balaban J connectivity index is 1.57. The molecule has 1 amide bonds. The van der Waals surface area contributed by atoms with Crippen LogP contribution in [0.15, 0.2) is 71.8 Å². The van der Waals surface area contributed by atoms with E-state index in [9.17, 15) is 9.59 Å². The molecule has 0 bridgehead atoms. The predicted octanol–water partition coefficient (Wildman–Crippen LogP) is 4.18. The summed E-state index contributed by atoms with van der Waals surface area (Å²) in [6.45, 7) is 5.63. The Labute approximate surface area is 198 Å². The van der Waals surface area contributed by atoms with Crippen molar-refractivity contribution < 1.29 is 4.79 Å². The lowest BCUT2D eigenvalue weighted by Gasteiger charge is -2.22. The van der Waals surface area contributed by atoms with Gasteiger partial charge in [-0.25, -0.2) is 9.55 Å². The Morgan fingerprint density at radius 1 is 1.06 bits per heavy atom. The first kappa shape index (κ1) is 21.8. The second kappa shape index (κ2) is 9.09. The predicted molar refractivity (Wildman–Crippen MR) is 134 cm³/mol. The van der Waals surface area contributed by atoms with E-state index >= 15 is 0 Å². The lowest BCUT2D eigenvalue weighted by molar-refractivity contribution is 0.0940. The van der Waals surface area contributed by atoms with Gasteiger partial charge in [-0.1, -0.05) is 18.2 Å². The zero-order chi connectivity index (χ0) is 23.7. The summed E-state index contributed by atoms with van der Waals surface area (Å²) in [5.41, 5.74) is 3.66. The van der Waals surface area contributed by atoms with Crippen LogP contribution >= 0.6 is 0 Å². The zero-order valence-corrected chi connectivity index (χ0v) is 19.4. The summed E-state index contributed by atoms with van der Waals surface area (Å²) in [6, 6.07) is 16.6. The van der Waals surface area contributed by atoms with Crippen LogP contribution in [0.3, 0.4) is 0 Å². The van der Waals surface area contributed by atoms with E-state index < -0.39 is 0 Å². The number of aryl methyl sites for hydroxylation is 1. The lowest BCUT2D eigenvalue weighted by atomic mass is 10.1. The highest BCUT2D eigenvalue weighted by Crippen LogP contribution is 2.24. The Morgan fingerprint density at radius 2 is 1.88 bits per heavy atom. The highest BCUT2D eigenvalue weighted by atomic mass is 16.1. The van der Waals surface area contributed by atoms with Crippen molar-refractivity contribution in [3.05, 3.63) is 94.0 Å². The van der Waals surface area contributed by atoms with Gasteiger partial charge in [0.05, 0.1) is 22.6 Å². The van der Waals surface area contributed by atoms with Crippen molar-refractivity contribution in [1.29, 1.82) is 0 Å². The number of carbonyl (C=O) groups excluding carboxylic acids is 1. The average molecular weight is 454 g/mol. The minimum absolute atomic E-state index is 0.131. The molecular formula is C27H27N5O2. The van der Waals surface area contributed by atoms with Gasteiger partial charge < -0.3 is 10.2 Å². The van der Waals surface area contributed by atoms with Crippen LogP contribution in [0.25, 0.3) is 16.6 Å². The van der Waals surface area contributed by atoms with E-state index in [4.69, 9.17) is 4.98 Å². The quantitative estimate of drug-likeness (QED) is 0.490. The van der Waals surface area contributed by atoms with Gasteiger partial charge in [-0.15, -0.1) is 0 Å². The SMILES string of the molecule is Cc1cccc(-n2c(N3CCCC3)nc3cc(C(=O)NC(C)c4cccnc4)ccc3c2=O)c1. The average Bonchev–Trinajstić information content (AvgIpc) is 3.39. The number of nitrogens with one attached hydrogen (secondary N) is 1. The number of aromatic nitrogens is 3. The highest BCUT2D eigenvalue weighted by molar-refractivity contribution is 5.98. The normalized spacial score (nSPS) is 14.4. The maximum Gasteiger partial charge on any atom is 0.267 e. The highest BCUT2D eigenvalue weighted by Gasteiger charge is 2.22. The van der Waals surface area contributed by atoms with Crippen LogP contribution in [0.5, 0.6) is 0 Å². The maximum absolute atomic E-state index is 13.7. The molecule has 5 rings (SSSR count). The third-order valence-electron chi connectivity index (χ3n) is 6.29. The van der Waals surface area contributed by atoms with E-state index in [1.807, 2.05) is 50.2 Å². The molecular weight excluding hydrogens is 426 g/mol. The summed E-state index contributed by atoms with van der Waals surface area (Å²) in [6.07, 6.45) is 5.57. The molecule has 0 spiro atoms. The fraction of sp³-hybridized carbons (Fsp3) is 0.259. The Hall–Kier alpha value is -4.00. The van der Waals surface area contributed by atoms with Crippen LogP contribution in [-0.4, -0.2) is 33.5 Å². The molecule has 1 N–H and O–H groups in total. The topological polar surface area (TPSA) is 80.1 Å². The minimum atomic E-state index is -0.217. The summed E-state index contributed by atoms with van der Waals surface area (Å²) in [5, 5.41) is 3.49. The van der Waals surface area contributed by atoms with Crippen molar-refractivity contribution >= 4 is 22.8 Å². The molecule has 1 fully saturated rings. The fourth-order valence-electron chi connectivity index (χ4n) is 4.44. The smallest absolute Gasteiger partial charge is 0.267 e. The van der Waals surface area contributed by atoms with Crippen molar-refractivity contribution in [3.8, 4) is 5.69 Å². The summed E-state index contributed by atoms with van der Waals surface area (Å²) in [5.74, 6) is 0.410. The van der Waals surface area contributed by atoms with Crippen molar-refractivity contribution in [2.75, 3.05) is 18.0 Å². The number of benzene rings is 2. The number of fused-ring (bicyclic) bond motifs is 1. The number of pyridine rings is 1. The number of carbonyl (C=O) groups is 1.